The van der Waals surface area contributed by atoms with E-state index in [1.165, 1.54) is 12.1 Å². The van der Waals surface area contributed by atoms with E-state index in [4.69, 9.17) is 11.6 Å². The maximum Gasteiger partial charge on any atom is 0.264 e. The number of rotatable bonds is 9. The number of sulfonamides is 1. The average Bonchev–Trinajstić information content (AvgIpc) is 2.79. The Morgan fingerprint density at radius 3 is 2.18 bits per heavy atom. The van der Waals surface area contributed by atoms with Gasteiger partial charge >= 0.3 is 0 Å². The normalized spacial score (nSPS) is 12.4. The van der Waals surface area contributed by atoms with Crippen molar-refractivity contribution in [1.29, 1.82) is 0 Å². The first kappa shape index (κ1) is 24.8. The number of anilines is 1. The summed E-state index contributed by atoms with van der Waals surface area (Å²) in [6.45, 7) is 5.61. The molecule has 0 bridgehead atoms. The van der Waals surface area contributed by atoms with Gasteiger partial charge in [-0.3, -0.25) is 9.10 Å². The Bertz CT molecular complexity index is 1180. The van der Waals surface area contributed by atoms with Crippen LogP contribution in [0.1, 0.15) is 37.4 Å². The number of nitrogens with zero attached hydrogens (tertiary/aromatic N) is 1. The summed E-state index contributed by atoms with van der Waals surface area (Å²) in [7, 11) is -4.00. The predicted molar refractivity (Wildman–Crippen MR) is 134 cm³/mol. The van der Waals surface area contributed by atoms with Crippen LogP contribution < -0.4 is 9.62 Å². The highest BCUT2D eigenvalue weighted by atomic mass is 35.5. The molecule has 7 heteroatoms. The monoisotopic (exact) mass is 484 g/mol. The van der Waals surface area contributed by atoms with E-state index in [2.05, 4.69) is 19.2 Å². The molecule has 1 amide bonds. The molecule has 0 aliphatic heterocycles. The lowest BCUT2D eigenvalue weighted by Gasteiger charge is -2.27. The molecule has 1 atom stereocenters. The number of hydrogen-bond donors (Lipinski definition) is 1. The van der Waals surface area contributed by atoms with Crippen LogP contribution in [0, 0.1) is 12.8 Å². The fraction of sp³-hybridized carbons (Fsp3) is 0.269. The lowest BCUT2D eigenvalue weighted by molar-refractivity contribution is -0.120. The number of hydrogen-bond acceptors (Lipinski definition) is 3. The summed E-state index contributed by atoms with van der Waals surface area (Å²) in [6.07, 6.45) is 0.734. The van der Waals surface area contributed by atoms with Crippen LogP contribution in [0.15, 0.2) is 83.8 Å². The molecule has 0 aliphatic rings. The second-order valence-electron chi connectivity index (χ2n) is 8.42. The SMILES string of the molecule is Cc1ccc(Cl)cc1N(CC(=O)N[C@@H](CC(C)C)c1ccccc1)S(=O)(=O)c1ccccc1. The number of amides is 1. The number of carbonyl (C=O) groups excluding carboxylic acids is 1. The third-order valence-corrected chi connectivity index (χ3v) is 7.31. The van der Waals surface area contributed by atoms with Crippen molar-refractivity contribution in [2.45, 2.75) is 38.1 Å². The fourth-order valence-electron chi connectivity index (χ4n) is 3.68. The van der Waals surface area contributed by atoms with Crippen LogP contribution in [0.3, 0.4) is 0 Å². The molecule has 3 aromatic rings. The predicted octanol–water partition coefficient (Wildman–Crippen LogP) is 5.75. The van der Waals surface area contributed by atoms with Crippen LogP contribution in [0.2, 0.25) is 5.02 Å². The highest BCUT2D eigenvalue weighted by molar-refractivity contribution is 7.92. The first-order valence-corrected chi connectivity index (χ1v) is 12.7. The molecule has 174 valence electrons. The molecular formula is C26H29ClN2O3S. The van der Waals surface area contributed by atoms with E-state index < -0.39 is 10.0 Å². The lowest BCUT2D eigenvalue weighted by atomic mass is 9.97. The van der Waals surface area contributed by atoms with Gasteiger partial charge in [0.15, 0.2) is 0 Å². The maximum absolute atomic E-state index is 13.6. The summed E-state index contributed by atoms with van der Waals surface area (Å²) in [5.74, 6) is -0.0433. The summed E-state index contributed by atoms with van der Waals surface area (Å²) in [4.78, 5) is 13.3. The Morgan fingerprint density at radius 1 is 0.970 bits per heavy atom. The molecule has 0 aromatic heterocycles. The Hall–Kier alpha value is -2.83. The fourth-order valence-corrected chi connectivity index (χ4v) is 5.34. The number of aryl methyl sites for hydroxylation is 1. The van der Waals surface area contributed by atoms with Gasteiger partial charge in [0.05, 0.1) is 16.6 Å². The van der Waals surface area contributed by atoms with Gasteiger partial charge in [-0.1, -0.05) is 80.0 Å². The minimum absolute atomic E-state index is 0.110. The molecular weight excluding hydrogens is 456 g/mol. The van der Waals surface area contributed by atoms with Crippen LogP contribution in [0.5, 0.6) is 0 Å². The van der Waals surface area contributed by atoms with Crippen molar-refractivity contribution < 1.29 is 13.2 Å². The standard InChI is InChI=1S/C26H29ClN2O3S/c1-19(2)16-24(21-10-6-4-7-11-21)28-26(30)18-29(25-17-22(27)15-14-20(25)3)33(31,32)23-12-8-5-9-13-23/h4-15,17,19,24H,16,18H2,1-3H3,(H,28,30)/t24-/m0/s1. The zero-order valence-electron chi connectivity index (χ0n) is 19.0. The zero-order chi connectivity index (χ0) is 24.0. The van der Waals surface area contributed by atoms with E-state index in [0.717, 1.165) is 16.3 Å². The molecule has 5 nitrogen and oxygen atoms in total. The Labute approximate surface area is 201 Å². The van der Waals surface area contributed by atoms with Gasteiger partial charge in [-0.25, -0.2) is 8.42 Å². The van der Waals surface area contributed by atoms with Crippen molar-refractivity contribution in [3.05, 3.63) is 95.0 Å². The summed E-state index contributed by atoms with van der Waals surface area (Å²) in [5, 5.41) is 3.44. The van der Waals surface area contributed by atoms with E-state index in [-0.39, 0.29) is 23.4 Å². The quantitative estimate of drug-likeness (QED) is 0.420. The highest BCUT2D eigenvalue weighted by Crippen LogP contribution is 2.30. The van der Waals surface area contributed by atoms with Gasteiger partial charge in [0.1, 0.15) is 6.54 Å². The Balaban J connectivity index is 1.96. The van der Waals surface area contributed by atoms with Crippen LogP contribution in [-0.2, 0) is 14.8 Å². The topological polar surface area (TPSA) is 66.5 Å². The Kier molecular flexibility index (Phi) is 8.16. The van der Waals surface area contributed by atoms with Crippen LogP contribution >= 0.6 is 11.6 Å². The van der Waals surface area contributed by atoms with E-state index in [1.807, 2.05) is 30.3 Å². The average molecular weight is 485 g/mol. The molecule has 0 radical (unpaired) electrons. The third-order valence-electron chi connectivity index (χ3n) is 5.30. The third kappa shape index (κ3) is 6.36. The van der Waals surface area contributed by atoms with Gasteiger partial charge < -0.3 is 5.32 Å². The number of nitrogens with one attached hydrogen (secondary N) is 1. The largest absolute Gasteiger partial charge is 0.348 e. The molecule has 0 spiro atoms. The molecule has 0 fully saturated rings. The zero-order valence-corrected chi connectivity index (χ0v) is 20.6. The minimum Gasteiger partial charge on any atom is -0.348 e. The molecule has 1 N–H and O–H groups in total. The van der Waals surface area contributed by atoms with Crippen molar-refractivity contribution >= 4 is 33.2 Å². The van der Waals surface area contributed by atoms with E-state index in [0.29, 0.717) is 22.2 Å². The molecule has 3 aromatic carbocycles. The summed E-state index contributed by atoms with van der Waals surface area (Å²) in [5.41, 5.74) is 2.06. The first-order chi connectivity index (χ1) is 15.7. The first-order valence-electron chi connectivity index (χ1n) is 10.9. The second-order valence-corrected chi connectivity index (χ2v) is 10.7. The van der Waals surface area contributed by atoms with Crippen LogP contribution in [0.4, 0.5) is 5.69 Å². The number of carbonyl (C=O) groups is 1. The lowest BCUT2D eigenvalue weighted by Crippen LogP contribution is -2.42. The van der Waals surface area contributed by atoms with E-state index in [9.17, 15) is 13.2 Å². The number of benzene rings is 3. The van der Waals surface area contributed by atoms with Gasteiger partial charge in [-0.2, -0.15) is 0 Å². The molecule has 0 heterocycles. The van der Waals surface area contributed by atoms with Gasteiger partial charge in [-0.15, -0.1) is 0 Å². The molecule has 0 saturated heterocycles. The number of halogens is 1. The van der Waals surface area contributed by atoms with Gasteiger partial charge in [-0.05, 0) is 54.7 Å². The molecule has 0 aliphatic carbocycles. The summed E-state index contributed by atoms with van der Waals surface area (Å²) >= 11 is 6.19. The Morgan fingerprint density at radius 2 is 1.58 bits per heavy atom. The van der Waals surface area contributed by atoms with Crippen molar-refractivity contribution in [2.75, 3.05) is 10.8 Å². The van der Waals surface area contributed by atoms with Gasteiger partial charge in [0.25, 0.3) is 10.0 Å². The van der Waals surface area contributed by atoms with Gasteiger partial charge in [0, 0.05) is 5.02 Å². The van der Waals surface area contributed by atoms with E-state index >= 15 is 0 Å². The van der Waals surface area contributed by atoms with Crippen LogP contribution in [-0.4, -0.2) is 20.9 Å². The molecule has 3 rings (SSSR count). The van der Waals surface area contributed by atoms with Crippen molar-refractivity contribution in [3.8, 4) is 0 Å². The van der Waals surface area contributed by atoms with E-state index in [1.54, 1.807) is 43.3 Å². The summed E-state index contributed by atoms with van der Waals surface area (Å²) < 4.78 is 28.3. The van der Waals surface area contributed by atoms with Crippen molar-refractivity contribution in [1.82, 2.24) is 5.32 Å². The van der Waals surface area contributed by atoms with Gasteiger partial charge in [0.2, 0.25) is 5.91 Å². The smallest absolute Gasteiger partial charge is 0.264 e. The molecule has 0 saturated carbocycles. The van der Waals surface area contributed by atoms with Crippen molar-refractivity contribution in [3.63, 3.8) is 0 Å². The summed E-state index contributed by atoms with van der Waals surface area (Å²) in [6, 6.07) is 22.6. The molecule has 0 unspecified atom stereocenters. The van der Waals surface area contributed by atoms with Crippen molar-refractivity contribution in [2.24, 2.45) is 5.92 Å². The second kappa shape index (κ2) is 10.9. The molecule has 33 heavy (non-hydrogen) atoms. The van der Waals surface area contributed by atoms with Crippen LogP contribution in [0.25, 0.3) is 0 Å². The maximum atomic E-state index is 13.6. The highest BCUT2D eigenvalue weighted by Gasteiger charge is 2.29. The minimum atomic E-state index is -4.00.